The van der Waals surface area contributed by atoms with Gasteiger partial charge in [-0.25, -0.2) is 0 Å². The van der Waals surface area contributed by atoms with Crippen molar-refractivity contribution in [2.24, 2.45) is 0 Å². The second-order valence-corrected chi connectivity index (χ2v) is 5.42. The normalized spacial score (nSPS) is 13.7. The fraction of sp³-hybridized carbons (Fsp3) is 0.125. The first kappa shape index (κ1) is 12.4. The van der Waals surface area contributed by atoms with Gasteiger partial charge in [-0.3, -0.25) is 9.20 Å². The van der Waals surface area contributed by atoms with Crippen LogP contribution in [0.25, 0.3) is 17.1 Å². The number of rotatable bonds is 3. The summed E-state index contributed by atoms with van der Waals surface area (Å²) in [6.45, 7) is 0. The number of ketones is 1. The number of hydrogen-bond donors (Lipinski definition) is 0. The quantitative estimate of drug-likeness (QED) is 0.539. The van der Waals surface area contributed by atoms with Crippen molar-refractivity contribution in [1.82, 2.24) is 9.38 Å². The lowest BCUT2D eigenvalue weighted by Crippen LogP contribution is -2.01. The predicted molar refractivity (Wildman–Crippen MR) is 79.6 cm³/mol. The van der Waals surface area contributed by atoms with E-state index in [4.69, 9.17) is 16.0 Å². The Bertz CT molecular complexity index is 883. The van der Waals surface area contributed by atoms with Crippen LogP contribution in [0.4, 0.5) is 0 Å². The van der Waals surface area contributed by atoms with Crippen molar-refractivity contribution in [2.75, 3.05) is 0 Å². The summed E-state index contributed by atoms with van der Waals surface area (Å²) in [7, 11) is 0. The topological polar surface area (TPSA) is 47.5 Å². The van der Waals surface area contributed by atoms with E-state index in [1.807, 2.05) is 18.2 Å². The minimum atomic E-state index is -0.0636. The molecule has 2 aromatic heterocycles. The Morgan fingerprint density at radius 3 is 2.90 bits per heavy atom. The molecule has 4 rings (SSSR count). The lowest BCUT2D eigenvalue weighted by atomic mass is 10.1. The summed E-state index contributed by atoms with van der Waals surface area (Å²) < 4.78 is 6.97. The maximum atomic E-state index is 12.6. The highest BCUT2D eigenvalue weighted by molar-refractivity contribution is 6.33. The molecule has 0 unspecified atom stereocenters. The molecule has 4 nitrogen and oxygen atoms in total. The first-order chi connectivity index (χ1) is 10.2. The van der Waals surface area contributed by atoms with E-state index < -0.39 is 0 Å². The van der Waals surface area contributed by atoms with Gasteiger partial charge in [-0.2, -0.15) is 4.98 Å². The molecule has 0 bridgehead atoms. The van der Waals surface area contributed by atoms with E-state index >= 15 is 0 Å². The zero-order valence-corrected chi connectivity index (χ0v) is 11.8. The summed E-state index contributed by atoms with van der Waals surface area (Å²) in [5.74, 6) is 0.328. The Hall–Kier alpha value is -2.33. The van der Waals surface area contributed by atoms with Gasteiger partial charge >= 0.3 is 5.84 Å². The molecular formula is C16H11ClN2O2. The molecule has 0 amide bonds. The molecule has 21 heavy (non-hydrogen) atoms. The molecule has 0 spiro atoms. The van der Waals surface area contributed by atoms with Crippen molar-refractivity contribution < 1.29 is 9.21 Å². The van der Waals surface area contributed by atoms with Gasteiger partial charge in [0.2, 0.25) is 5.78 Å². The molecule has 1 fully saturated rings. The Labute approximate surface area is 125 Å². The molecule has 1 aliphatic rings. The summed E-state index contributed by atoms with van der Waals surface area (Å²) in [6, 6.07) is 7.35. The van der Waals surface area contributed by atoms with Gasteiger partial charge < -0.3 is 4.42 Å². The molecular weight excluding hydrogens is 288 g/mol. The smallest absolute Gasteiger partial charge is 0.306 e. The average Bonchev–Trinajstić information content (AvgIpc) is 3.03. The van der Waals surface area contributed by atoms with Crippen LogP contribution in [-0.2, 0) is 0 Å². The number of allylic oxidation sites excluding steroid dienone is 2. The summed E-state index contributed by atoms with van der Waals surface area (Å²) in [5.41, 5.74) is 2.95. The molecule has 0 N–H and O–H groups in total. The van der Waals surface area contributed by atoms with Gasteiger partial charge in [0.25, 0.3) is 0 Å². The minimum absolute atomic E-state index is 0.0636. The van der Waals surface area contributed by atoms with Crippen LogP contribution in [0.3, 0.4) is 0 Å². The molecule has 0 saturated heterocycles. The van der Waals surface area contributed by atoms with Crippen molar-refractivity contribution in [2.45, 2.75) is 12.8 Å². The number of nitrogens with zero attached hydrogens (tertiary/aromatic N) is 2. The number of imidazole rings is 1. The molecule has 5 heteroatoms. The Balaban J connectivity index is 1.96. The highest BCUT2D eigenvalue weighted by Crippen LogP contribution is 2.33. The van der Waals surface area contributed by atoms with Crippen LogP contribution in [0.2, 0.25) is 5.02 Å². The van der Waals surface area contributed by atoms with Crippen LogP contribution < -0.4 is 0 Å². The molecule has 1 aromatic carbocycles. The van der Waals surface area contributed by atoms with Gasteiger partial charge in [-0.1, -0.05) is 35.4 Å². The van der Waals surface area contributed by atoms with Crippen molar-refractivity contribution in [3.8, 4) is 11.3 Å². The largest absolute Gasteiger partial charge is 0.432 e. The highest BCUT2D eigenvalue weighted by Gasteiger charge is 2.24. The zero-order valence-electron chi connectivity index (χ0n) is 11.0. The van der Waals surface area contributed by atoms with Gasteiger partial charge in [0.1, 0.15) is 17.7 Å². The van der Waals surface area contributed by atoms with Crippen LogP contribution in [0.1, 0.15) is 23.3 Å². The molecule has 0 radical (unpaired) electrons. The monoisotopic (exact) mass is 298 g/mol. The van der Waals surface area contributed by atoms with Crippen LogP contribution >= 0.6 is 11.6 Å². The molecule has 104 valence electrons. The molecule has 2 heterocycles. The molecule has 3 aromatic rings. The highest BCUT2D eigenvalue weighted by atomic mass is 35.5. The van der Waals surface area contributed by atoms with E-state index in [1.54, 1.807) is 22.7 Å². The van der Waals surface area contributed by atoms with Crippen molar-refractivity contribution in [1.29, 1.82) is 0 Å². The standard InChI is InChI=1S/C16H11ClN2O2/c17-12-4-2-1-3-11(12)14-15(13(20)9-10-5-6-10)19-7-8-21-16(19)18-14/h1-4,7-9H,5-6H2. The third-order valence-electron chi connectivity index (χ3n) is 3.50. The molecule has 0 aliphatic heterocycles. The zero-order chi connectivity index (χ0) is 14.4. The summed E-state index contributed by atoms with van der Waals surface area (Å²) in [5, 5.41) is 0.561. The van der Waals surface area contributed by atoms with Crippen molar-refractivity contribution in [3.63, 3.8) is 0 Å². The van der Waals surface area contributed by atoms with Crippen LogP contribution in [0, 0.1) is 0 Å². The van der Waals surface area contributed by atoms with E-state index in [0.29, 0.717) is 22.3 Å². The van der Waals surface area contributed by atoms with E-state index in [0.717, 1.165) is 18.4 Å². The Morgan fingerprint density at radius 1 is 1.33 bits per heavy atom. The maximum absolute atomic E-state index is 12.6. The number of oxazole rings is 1. The third kappa shape index (κ3) is 2.08. The van der Waals surface area contributed by atoms with Gasteiger partial charge in [0, 0.05) is 11.8 Å². The lowest BCUT2D eigenvalue weighted by Gasteiger charge is -2.03. The Morgan fingerprint density at radius 2 is 2.14 bits per heavy atom. The average molecular weight is 299 g/mol. The number of hydrogen-bond acceptors (Lipinski definition) is 3. The lowest BCUT2D eigenvalue weighted by molar-refractivity contribution is 0.104. The fourth-order valence-corrected chi connectivity index (χ4v) is 2.56. The van der Waals surface area contributed by atoms with Gasteiger partial charge in [0.05, 0.1) is 5.02 Å². The van der Waals surface area contributed by atoms with E-state index in [1.165, 1.54) is 11.8 Å². The van der Waals surface area contributed by atoms with Gasteiger partial charge in [-0.05, 0) is 25.0 Å². The molecule has 1 aliphatic carbocycles. The molecule has 0 atom stereocenters. The van der Waals surface area contributed by atoms with Crippen LogP contribution in [0.5, 0.6) is 0 Å². The Kier molecular flexibility index (Phi) is 2.72. The fourth-order valence-electron chi connectivity index (χ4n) is 2.33. The first-order valence-corrected chi connectivity index (χ1v) is 7.06. The maximum Gasteiger partial charge on any atom is 0.306 e. The molecule has 1 saturated carbocycles. The second kappa shape index (κ2) is 4.60. The number of carbonyl (C=O) groups excluding carboxylic acids is 1. The second-order valence-electron chi connectivity index (χ2n) is 5.01. The summed E-state index contributed by atoms with van der Waals surface area (Å²) in [6.07, 6.45) is 6.90. The number of carbonyl (C=O) groups is 1. The van der Waals surface area contributed by atoms with Crippen molar-refractivity contribution in [3.05, 3.63) is 59.1 Å². The SMILES string of the molecule is O=C(C=C1CC1)c1c(-c2ccccc2Cl)nc2occn12. The van der Waals surface area contributed by atoms with Gasteiger partial charge in [0.15, 0.2) is 0 Å². The summed E-state index contributed by atoms with van der Waals surface area (Å²) >= 11 is 6.24. The number of halogens is 1. The third-order valence-corrected chi connectivity index (χ3v) is 3.83. The minimum Gasteiger partial charge on any atom is -0.432 e. The van der Waals surface area contributed by atoms with E-state index in [9.17, 15) is 4.79 Å². The number of aromatic nitrogens is 2. The van der Waals surface area contributed by atoms with Gasteiger partial charge in [-0.15, -0.1) is 0 Å². The summed E-state index contributed by atoms with van der Waals surface area (Å²) in [4.78, 5) is 17.0. The van der Waals surface area contributed by atoms with Crippen LogP contribution in [-0.4, -0.2) is 15.2 Å². The number of benzene rings is 1. The first-order valence-electron chi connectivity index (χ1n) is 6.68. The van der Waals surface area contributed by atoms with Crippen molar-refractivity contribution >= 4 is 23.2 Å². The van der Waals surface area contributed by atoms with Crippen LogP contribution in [0.15, 0.2) is 52.8 Å². The van der Waals surface area contributed by atoms with E-state index in [2.05, 4.69) is 4.98 Å². The van der Waals surface area contributed by atoms with E-state index in [-0.39, 0.29) is 5.78 Å². The predicted octanol–water partition coefficient (Wildman–Crippen LogP) is 4.15. The number of fused-ring (bicyclic) bond motifs is 1.